The molecule has 0 radical (unpaired) electrons. The number of hydrogen-bond donors (Lipinski definition) is 2. The zero-order valence-corrected chi connectivity index (χ0v) is 12.6. The van der Waals surface area contributed by atoms with Crippen molar-refractivity contribution in [3.63, 3.8) is 0 Å². The standard InChI is InChI=1S/C15H19N5S/c16-12-11-4-2-1-3-10(11)9-15(12)5-7-20(8-6-15)14-19-18-13(17)21-14/h1-4,12H,5-9,16H2,(H2,17,18)/t12-/m1/s1. The summed E-state index contributed by atoms with van der Waals surface area (Å²) in [5.41, 5.74) is 15.2. The SMILES string of the molecule is Nc1nnc(N2CCC3(CC2)Cc2ccccc2[C@H]3N)s1. The highest BCUT2D eigenvalue weighted by atomic mass is 32.1. The molecule has 2 aliphatic rings. The van der Waals surface area contributed by atoms with Crippen LogP contribution in [0, 0.1) is 5.41 Å². The van der Waals surface area contributed by atoms with Gasteiger partial charge in [-0.15, -0.1) is 10.2 Å². The molecule has 2 aromatic rings. The average molecular weight is 301 g/mol. The number of anilines is 2. The lowest BCUT2D eigenvalue weighted by molar-refractivity contribution is 0.187. The number of benzene rings is 1. The second-order valence-corrected chi connectivity index (χ2v) is 7.11. The summed E-state index contributed by atoms with van der Waals surface area (Å²) in [4.78, 5) is 2.29. The smallest absolute Gasteiger partial charge is 0.209 e. The van der Waals surface area contributed by atoms with Gasteiger partial charge in [-0.2, -0.15) is 0 Å². The molecule has 1 aliphatic heterocycles. The Balaban J connectivity index is 1.53. The van der Waals surface area contributed by atoms with E-state index in [1.807, 2.05) is 0 Å². The van der Waals surface area contributed by atoms with Gasteiger partial charge in [0.25, 0.3) is 0 Å². The van der Waals surface area contributed by atoms with Crippen LogP contribution in [0.5, 0.6) is 0 Å². The molecule has 1 spiro atoms. The number of nitrogens with two attached hydrogens (primary N) is 2. The van der Waals surface area contributed by atoms with E-state index in [2.05, 4.69) is 39.4 Å². The fourth-order valence-corrected chi connectivity index (χ4v) is 4.47. The number of hydrogen-bond acceptors (Lipinski definition) is 6. The maximum absolute atomic E-state index is 6.58. The van der Waals surface area contributed by atoms with E-state index >= 15 is 0 Å². The molecule has 0 amide bonds. The molecule has 0 saturated carbocycles. The molecule has 1 aromatic heterocycles. The number of nitrogen functional groups attached to an aromatic ring is 1. The van der Waals surface area contributed by atoms with Crippen LogP contribution in [0.3, 0.4) is 0 Å². The average Bonchev–Trinajstić information content (AvgIpc) is 3.04. The molecular formula is C15H19N5S. The van der Waals surface area contributed by atoms with E-state index in [-0.39, 0.29) is 11.5 Å². The van der Waals surface area contributed by atoms with Crippen molar-refractivity contribution in [1.29, 1.82) is 0 Å². The van der Waals surface area contributed by atoms with E-state index in [0.717, 1.165) is 37.5 Å². The molecule has 0 unspecified atom stereocenters. The molecule has 1 aliphatic carbocycles. The highest BCUT2D eigenvalue weighted by Gasteiger charge is 2.45. The molecule has 21 heavy (non-hydrogen) atoms. The Kier molecular flexibility index (Phi) is 2.90. The minimum atomic E-state index is 0.162. The summed E-state index contributed by atoms with van der Waals surface area (Å²) >= 11 is 1.46. The fourth-order valence-electron chi connectivity index (χ4n) is 3.80. The molecule has 4 N–H and O–H groups in total. The van der Waals surface area contributed by atoms with Crippen LogP contribution in [0.4, 0.5) is 10.3 Å². The molecule has 4 rings (SSSR count). The summed E-state index contributed by atoms with van der Waals surface area (Å²) in [5, 5.41) is 9.53. The van der Waals surface area contributed by atoms with E-state index in [9.17, 15) is 0 Å². The maximum atomic E-state index is 6.58. The second-order valence-electron chi connectivity index (χ2n) is 6.13. The monoisotopic (exact) mass is 301 g/mol. The summed E-state index contributed by atoms with van der Waals surface area (Å²) in [6.45, 7) is 1.96. The minimum Gasteiger partial charge on any atom is -0.374 e. The predicted octanol–water partition coefficient (Wildman–Crippen LogP) is 1.96. The van der Waals surface area contributed by atoms with Gasteiger partial charge in [-0.05, 0) is 35.8 Å². The number of piperidine rings is 1. The molecule has 0 bridgehead atoms. The van der Waals surface area contributed by atoms with Crippen molar-refractivity contribution in [3.05, 3.63) is 35.4 Å². The van der Waals surface area contributed by atoms with Crippen molar-refractivity contribution in [2.45, 2.75) is 25.3 Å². The van der Waals surface area contributed by atoms with Crippen LogP contribution >= 0.6 is 11.3 Å². The van der Waals surface area contributed by atoms with Crippen molar-refractivity contribution in [2.24, 2.45) is 11.1 Å². The van der Waals surface area contributed by atoms with Gasteiger partial charge in [-0.1, -0.05) is 35.6 Å². The Hall–Kier alpha value is -1.66. The van der Waals surface area contributed by atoms with Gasteiger partial charge in [0.05, 0.1) is 0 Å². The third-order valence-electron chi connectivity index (χ3n) is 5.05. The van der Waals surface area contributed by atoms with Crippen LogP contribution in [0.2, 0.25) is 0 Å². The zero-order chi connectivity index (χ0) is 14.4. The Bertz CT molecular complexity index is 660. The highest BCUT2D eigenvalue weighted by molar-refractivity contribution is 7.18. The van der Waals surface area contributed by atoms with Gasteiger partial charge in [-0.3, -0.25) is 0 Å². The van der Waals surface area contributed by atoms with Crippen LogP contribution in [0.1, 0.15) is 30.0 Å². The fraction of sp³-hybridized carbons (Fsp3) is 0.467. The van der Waals surface area contributed by atoms with Gasteiger partial charge in [0.15, 0.2) is 0 Å². The molecule has 6 heteroatoms. The van der Waals surface area contributed by atoms with E-state index in [1.54, 1.807) is 0 Å². The van der Waals surface area contributed by atoms with E-state index < -0.39 is 0 Å². The molecule has 5 nitrogen and oxygen atoms in total. The first kappa shape index (κ1) is 13.0. The van der Waals surface area contributed by atoms with Crippen LogP contribution in [-0.4, -0.2) is 23.3 Å². The van der Waals surface area contributed by atoms with Gasteiger partial charge in [0.1, 0.15) is 0 Å². The summed E-state index contributed by atoms with van der Waals surface area (Å²) < 4.78 is 0. The Morgan fingerprint density at radius 3 is 2.62 bits per heavy atom. The summed E-state index contributed by atoms with van der Waals surface area (Å²) in [7, 11) is 0. The maximum Gasteiger partial charge on any atom is 0.209 e. The molecule has 110 valence electrons. The Labute approximate surface area is 128 Å². The van der Waals surface area contributed by atoms with Crippen LogP contribution in [-0.2, 0) is 6.42 Å². The van der Waals surface area contributed by atoms with Crippen molar-refractivity contribution in [3.8, 4) is 0 Å². The quantitative estimate of drug-likeness (QED) is 0.841. The third kappa shape index (κ3) is 2.01. The van der Waals surface area contributed by atoms with Crippen LogP contribution < -0.4 is 16.4 Å². The number of nitrogens with zero attached hydrogens (tertiary/aromatic N) is 3. The van der Waals surface area contributed by atoms with Gasteiger partial charge < -0.3 is 16.4 Å². The Morgan fingerprint density at radius 2 is 1.95 bits per heavy atom. The lowest BCUT2D eigenvalue weighted by Crippen LogP contribution is -2.44. The summed E-state index contributed by atoms with van der Waals surface area (Å²) in [5.74, 6) is 0. The first-order valence-electron chi connectivity index (χ1n) is 7.35. The van der Waals surface area contributed by atoms with Gasteiger partial charge in [0.2, 0.25) is 10.3 Å². The molecular weight excluding hydrogens is 282 g/mol. The lowest BCUT2D eigenvalue weighted by Gasteiger charge is -2.42. The van der Waals surface area contributed by atoms with Crippen LogP contribution in [0.15, 0.2) is 24.3 Å². The number of fused-ring (bicyclic) bond motifs is 1. The molecule has 1 saturated heterocycles. The van der Waals surface area contributed by atoms with Crippen molar-refractivity contribution in [1.82, 2.24) is 10.2 Å². The van der Waals surface area contributed by atoms with Crippen molar-refractivity contribution in [2.75, 3.05) is 23.7 Å². The topological polar surface area (TPSA) is 81.1 Å². The van der Waals surface area contributed by atoms with E-state index in [0.29, 0.717) is 5.13 Å². The van der Waals surface area contributed by atoms with Gasteiger partial charge in [0, 0.05) is 19.1 Å². The Morgan fingerprint density at radius 1 is 1.19 bits per heavy atom. The van der Waals surface area contributed by atoms with Gasteiger partial charge >= 0.3 is 0 Å². The normalized spacial score (nSPS) is 23.5. The largest absolute Gasteiger partial charge is 0.374 e. The number of rotatable bonds is 1. The molecule has 1 atom stereocenters. The number of aromatic nitrogens is 2. The highest BCUT2D eigenvalue weighted by Crippen LogP contribution is 2.51. The van der Waals surface area contributed by atoms with Crippen LogP contribution in [0.25, 0.3) is 0 Å². The minimum absolute atomic E-state index is 0.162. The van der Waals surface area contributed by atoms with Gasteiger partial charge in [-0.25, -0.2) is 0 Å². The zero-order valence-electron chi connectivity index (χ0n) is 11.8. The summed E-state index contributed by atoms with van der Waals surface area (Å²) in [6.07, 6.45) is 3.31. The molecule has 1 fully saturated rings. The predicted molar refractivity (Wildman–Crippen MR) is 85.3 cm³/mol. The first-order valence-corrected chi connectivity index (χ1v) is 8.17. The van der Waals surface area contributed by atoms with Crippen molar-refractivity contribution >= 4 is 21.6 Å². The first-order chi connectivity index (χ1) is 10.2. The van der Waals surface area contributed by atoms with E-state index in [4.69, 9.17) is 11.5 Å². The van der Waals surface area contributed by atoms with Crippen molar-refractivity contribution < 1.29 is 0 Å². The van der Waals surface area contributed by atoms with E-state index in [1.165, 1.54) is 22.5 Å². The second kappa shape index (κ2) is 4.68. The third-order valence-corrected chi connectivity index (χ3v) is 5.87. The molecule has 2 heterocycles. The lowest BCUT2D eigenvalue weighted by atomic mass is 9.73. The summed E-state index contributed by atoms with van der Waals surface area (Å²) in [6, 6.07) is 8.78. The molecule has 1 aromatic carbocycles.